The minimum atomic E-state index is -0.721. The highest BCUT2D eigenvalue weighted by Gasteiger charge is 2.30. The molecule has 0 aromatic heterocycles. The number of carbonyl (C=O) groups is 2. The van der Waals surface area contributed by atoms with Crippen molar-refractivity contribution < 1.29 is 14.0 Å². The van der Waals surface area contributed by atoms with Crippen LogP contribution in [0.3, 0.4) is 0 Å². The number of halogens is 1. The summed E-state index contributed by atoms with van der Waals surface area (Å²) in [7, 11) is 0. The molecular formula is C29H33FN2O2. The van der Waals surface area contributed by atoms with Crippen molar-refractivity contribution in [1.82, 2.24) is 10.2 Å². The van der Waals surface area contributed by atoms with Crippen LogP contribution in [0.15, 0.2) is 78.9 Å². The average Bonchev–Trinajstić information content (AvgIpc) is 2.82. The Labute approximate surface area is 201 Å². The van der Waals surface area contributed by atoms with Gasteiger partial charge in [-0.3, -0.25) is 9.59 Å². The first kappa shape index (κ1) is 25.2. The zero-order valence-electron chi connectivity index (χ0n) is 20.1. The monoisotopic (exact) mass is 460 g/mol. The molecule has 5 heteroatoms. The number of nitrogens with one attached hydrogen (secondary N) is 1. The molecule has 0 aliphatic carbocycles. The summed E-state index contributed by atoms with van der Waals surface area (Å²) in [5.41, 5.74) is 3.28. The largest absolute Gasteiger partial charge is 0.354 e. The Morgan fingerprint density at radius 3 is 2.26 bits per heavy atom. The molecule has 3 aromatic carbocycles. The Bertz CT molecular complexity index is 1100. The first-order valence-corrected chi connectivity index (χ1v) is 11.7. The molecule has 3 aromatic rings. The van der Waals surface area contributed by atoms with Gasteiger partial charge in [-0.25, -0.2) is 4.39 Å². The summed E-state index contributed by atoms with van der Waals surface area (Å²) >= 11 is 0. The number of carbonyl (C=O) groups excluding carboxylic acids is 2. The van der Waals surface area contributed by atoms with Crippen LogP contribution in [0.1, 0.15) is 36.1 Å². The maximum Gasteiger partial charge on any atom is 0.243 e. The van der Waals surface area contributed by atoms with E-state index in [0.29, 0.717) is 18.5 Å². The second-order valence-electron chi connectivity index (χ2n) is 9.12. The summed E-state index contributed by atoms with van der Waals surface area (Å²) in [5, 5.41) is 3.00. The van der Waals surface area contributed by atoms with E-state index >= 15 is 0 Å². The minimum absolute atomic E-state index is 0.110. The summed E-state index contributed by atoms with van der Waals surface area (Å²) in [6.45, 7) is 6.83. The van der Waals surface area contributed by atoms with Crippen LogP contribution in [-0.4, -0.2) is 29.3 Å². The van der Waals surface area contributed by atoms with Gasteiger partial charge in [0.15, 0.2) is 0 Å². The maximum atomic E-state index is 14.4. The van der Waals surface area contributed by atoms with Crippen molar-refractivity contribution in [2.45, 2.75) is 46.2 Å². The van der Waals surface area contributed by atoms with Crippen molar-refractivity contribution in [3.63, 3.8) is 0 Å². The van der Waals surface area contributed by atoms with Crippen LogP contribution in [-0.2, 0) is 29.0 Å². The lowest BCUT2D eigenvalue weighted by molar-refractivity contribution is -0.140. The van der Waals surface area contributed by atoms with Gasteiger partial charge in [-0.2, -0.15) is 0 Å². The molecule has 0 spiro atoms. The maximum absolute atomic E-state index is 14.4. The SMILES string of the molecule is Cc1cccc(CN(C(=O)Cc2ccccc2F)[C@@H](Cc2ccccc2)C(=O)NCC(C)C)c1. The molecule has 0 aliphatic heterocycles. The molecule has 1 N–H and O–H groups in total. The van der Waals surface area contributed by atoms with Crippen molar-refractivity contribution in [2.75, 3.05) is 6.54 Å². The number of aryl methyl sites for hydroxylation is 1. The smallest absolute Gasteiger partial charge is 0.243 e. The molecule has 2 amide bonds. The van der Waals surface area contributed by atoms with E-state index in [1.807, 2.05) is 75.4 Å². The van der Waals surface area contributed by atoms with E-state index in [0.717, 1.165) is 16.7 Å². The summed E-state index contributed by atoms with van der Waals surface area (Å²) in [6, 6.07) is 23.1. The fourth-order valence-corrected chi connectivity index (χ4v) is 3.89. The molecule has 0 radical (unpaired) electrons. The van der Waals surface area contributed by atoms with Crippen molar-refractivity contribution in [1.29, 1.82) is 0 Å². The Balaban J connectivity index is 1.97. The predicted octanol–water partition coefficient (Wildman–Crippen LogP) is 5.09. The van der Waals surface area contributed by atoms with Crippen LogP contribution in [0.25, 0.3) is 0 Å². The van der Waals surface area contributed by atoms with E-state index in [1.165, 1.54) is 6.07 Å². The Morgan fingerprint density at radius 1 is 0.912 bits per heavy atom. The van der Waals surface area contributed by atoms with Gasteiger partial charge in [0.25, 0.3) is 0 Å². The second kappa shape index (κ2) is 12.1. The van der Waals surface area contributed by atoms with Crippen LogP contribution in [0.4, 0.5) is 4.39 Å². The predicted molar refractivity (Wildman–Crippen MR) is 134 cm³/mol. The second-order valence-corrected chi connectivity index (χ2v) is 9.12. The number of hydrogen-bond acceptors (Lipinski definition) is 2. The number of nitrogens with zero attached hydrogens (tertiary/aromatic N) is 1. The highest BCUT2D eigenvalue weighted by Crippen LogP contribution is 2.18. The van der Waals surface area contributed by atoms with Gasteiger partial charge in [-0.05, 0) is 35.6 Å². The number of rotatable bonds is 10. The average molecular weight is 461 g/mol. The van der Waals surface area contributed by atoms with Crippen LogP contribution in [0.2, 0.25) is 0 Å². The Hall–Kier alpha value is -3.47. The summed E-state index contributed by atoms with van der Waals surface area (Å²) in [6.07, 6.45) is 0.265. The van der Waals surface area contributed by atoms with E-state index < -0.39 is 11.9 Å². The standard InChI is InChI=1S/C29H33FN2O2/c1-21(2)19-31-29(34)27(17-23-11-5-4-6-12-23)32(20-24-13-9-10-22(3)16-24)28(33)18-25-14-7-8-15-26(25)30/h4-16,21,27H,17-20H2,1-3H3,(H,31,34)/t27-/m0/s1. The quantitative estimate of drug-likeness (QED) is 0.458. The van der Waals surface area contributed by atoms with Crippen molar-refractivity contribution in [2.24, 2.45) is 5.92 Å². The molecular weight excluding hydrogens is 427 g/mol. The Kier molecular flexibility index (Phi) is 8.97. The van der Waals surface area contributed by atoms with Crippen LogP contribution in [0.5, 0.6) is 0 Å². The van der Waals surface area contributed by atoms with Crippen LogP contribution < -0.4 is 5.32 Å². The van der Waals surface area contributed by atoms with E-state index in [4.69, 9.17) is 0 Å². The Morgan fingerprint density at radius 2 is 1.59 bits per heavy atom. The zero-order chi connectivity index (χ0) is 24.5. The molecule has 0 unspecified atom stereocenters. The van der Waals surface area contributed by atoms with Gasteiger partial charge >= 0.3 is 0 Å². The highest BCUT2D eigenvalue weighted by molar-refractivity contribution is 5.88. The molecule has 0 heterocycles. The fourth-order valence-electron chi connectivity index (χ4n) is 3.89. The minimum Gasteiger partial charge on any atom is -0.354 e. The van der Waals surface area contributed by atoms with Crippen molar-refractivity contribution in [3.05, 3.63) is 107 Å². The normalized spacial score (nSPS) is 11.8. The number of amides is 2. The van der Waals surface area contributed by atoms with E-state index in [9.17, 15) is 14.0 Å². The molecule has 178 valence electrons. The molecule has 34 heavy (non-hydrogen) atoms. The molecule has 0 bridgehead atoms. The van der Waals surface area contributed by atoms with Gasteiger partial charge in [-0.1, -0.05) is 92.2 Å². The lowest BCUT2D eigenvalue weighted by atomic mass is 10.0. The van der Waals surface area contributed by atoms with Gasteiger partial charge < -0.3 is 10.2 Å². The van der Waals surface area contributed by atoms with E-state index in [2.05, 4.69) is 5.32 Å². The molecule has 0 saturated carbocycles. The van der Waals surface area contributed by atoms with Crippen LogP contribution in [0, 0.1) is 18.7 Å². The summed E-state index contributed by atoms with van der Waals surface area (Å²) in [4.78, 5) is 28.6. The van der Waals surface area contributed by atoms with Gasteiger partial charge in [0.05, 0.1) is 6.42 Å². The molecule has 1 atom stereocenters. The zero-order valence-corrected chi connectivity index (χ0v) is 20.1. The van der Waals surface area contributed by atoms with Crippen LogP contribution >= 0.6 is 0 Å². The first-order chi connectivity index (χ1) is 16.3. The lowest BCUT2D eigenvalue weighted by Gasteiger charge is -2.32. The molecule has 0 saturated heterocycles. The third kappa shape index (κ3) is 7.27. The topological polar surface area (TPSA) is 49.4 Å². The lowest BCUT2D eigenvalue weighted by Crippen LogP contribution is -2.51. The van der Waals surface area contributed by atoms with Gasteiger partial charge in [-0.15, -0.1) is 0 Å². The van der Waals surface area contributed by atoms with Crippen molar-refractivity contribution in [3.8, 4) is 0 Å². The van der Waals surface area contributed by atoms with Gasteiger partial charge in [0.1, 0.15) is 11.9 Å². The fraction of sp³-hybridized carbons (Fsp3) is 0.310. The van der Waals surface area contributed by atoms with E-state index in [1.54, 1.807) is 23.1 Å². The summed E-state index contributed by atoms with van der Waals surface area (Å²) in [5.74, 6) is -0.629. The first-order valence-electron chi connectivity index (χ1n) is 11.7. The highest BCUT2D eigenvalue weighted by atomic mass is 19.1. The van der Waals surface area contributed by atoms with Crippen molar-refractivity contribution >= 4 is 11.8 Å². The molecule has 4 nitrogen and oxygen atoms in total. The van der Waals surface area contributed by atoms with Gasteiger partial charge in [0.2, 0.25) is 11.8 Å². The molecule has 3 rings (SSSR count). The van der Waals surface area contributed by atoms with Gasteiger partial charge in [0, 0.05) is 19.5 Å². The third-order valence-electron chi connectivity index (χ3n) is 5.69. The third-order valence-corrected chi connectivity index (χ3v) is 5.69. The number of benzene rings is 3. The summed E-state index contributed by atoms with van der Waals surface area (Å²) < 4.78 is 14.4. The molecule has 0 fully saturated rings. The molecule has 0 aliphatic rings. The number of hydrogen-bond donors (Lipinski definition) is 1. The van der Waals surface area contributed by atoms with E-state index in [-0.39, 0.29) is 30.7 Å².